The van der Waals surface area contributed by atoms with Gasteiger partial charge in [0.1, 0.15) is 12.0 Å². The molecule has 0 fully saturated rings. The lowest BCUT2D eigenvalue weighted by Gasteiger charge is -2.02. The monoisotopic (exact) mass is 420 g/mol. The number of nitrogens with zero attached hydrogens (tertiary/aromatic N) is 5. The van der Waals surface area contributed by atoms with E-state index in [1.807, 2.05) is 91.0 Å². The van der Waals surface area contributed by atoms with Crippen LogP contribution in [-0.2, 0) is 6.54 Å². The molecular formula is C25H20N6O. The van der Waals surface area contributed by atoms with Crippen molar-refractivity contribution in [2.45, 2.75) is 6.54 Å². The Hall–Kier alpha value is -4.52. The lowest BCUT2D eigenvalue weighted by Crippen LogP contribution is -2.14. The number of amides is 1. The Morgan fingerprint density at radius 3 is 2.19 bits per heavy atom. The largest absolute Gasteiger partial charge is 0.289 e. The molecular weight excluding hydrogens is 400 g/mol. The zero-order chi connectivity index (χ0) is 21.8. The van der Waals surface area contributed by atoms with Crippen LogP contribution in [0.3, 0.4) is 0 Å². The summed E-state index contributed by atoms with van der Waals surface area (Å²) in [6, 6.07) is 29.3. The second kappa shape index (κ2) is 8.69. The fourth-order valence-electron chi connectivity index (χ4n) is 3.43. The third-order valence-electron chi connectivity index (χ3n) is 4.98. The number of aromatic nitrogens is 5. The van der Waals surface area contributed by atoms with Gasteiger partial charge in [-0.3, -0.25) is 10.1 Å². The van der Waals surface area contributed by atoms with Crippen LogP contribution < -0.4 is 5.32 Å². The SMILES string of the molecule is O=C(Nc1ncn(Cc2ccccc2)n1)c1cn(-c2ccccc2)nc1-c1ccccc1. The summed E-state index contributed by atoms with van der Waals surface area (Å²) in [5.41, 5.74) is 3.87. The van der Waals surface area contributed by atoms with Crippen LogP contribution >= 0.6 is 0 Å². The number of anilines is 1. The molecule has 1 N–H and O–H groups in total. The van der Waals surface area contributed by atoms with E-state index in [0.717, 1.165) is 16.8 Å². The predicted octanol–water partition coefficient (Wildman–Crippen LogP) is 4.43. The summed E-state index contributed by atoms with van der Waals surface area (Å²) >= 11 is 0. The standard InChI is InChI=1S/C25H20N6O/c32-24(27-25-26-18-30(29-25)16-19-10-4-1-5-11-19)22-17-31(21-14-8-3-9-15-21)28-23(22)20-12-6-2-7-13-20/h1-15,17-18H,16H2,(H,27,29,32). The Balaban J connectivity index is 1.42. The minimum atomic E-state index is -0.316. The van der Waals surface area contributed by atoms with Gasteiger partial charge in [-0.2, -0.15) is 5.10 Å². The molecule has 5 aromatic rings. The van der Waals surface area contributed by atoms with Gasteiger partial charge in [-0.05, 0) is 17.7 Å². The van der Waals surface area contributed by atoms with Crippen molar-refractivity contribution in [1.82, 2.24) is 24.5 Å². The number of benzene rings is 3. The van der Waals surface area contributed by atoms with Crippen molar-refractivity contribution >= 4 is 11.9 Å². The van der Waals surface area contributed by atoms with Crippen LogP contribution in [0, 0.1) is 0 Å². The molecule has 0 saturated carbocycles. The third kappa shape index (κ3) is 4.17. The molecule has 5 rings (SSSR count). The number of para-hydroxylation sites is 1. The smallest absolute Gasteiger partial charge is 0.261 e. The first-order chi connectivity index (χ1) is 15.8. The van der Waals surface area contributed by atoms with Crippen molar-refractivity contribution in [3.63, 3.8) is 0 Å². The Bertz CT molecular complexity index is 1330. The summed E-state index contributed by atoms with van der Waals surface area (Å²) in [4.78, 5) is 17.4. The van der Waals surface area contributed by atoms with Crippen molar-refractivity contribution in [2.75, 3.05) is 5.32 Å². The quantitative estimate of drug-likeness (QED) is 0.441. The summed E-state index contributed by atoms with van der Waals surface area (Å²) in [6.07, 6.45) is 3.34. The molecule has 0 bridgehead atoms. The summed E-state index contributed by atoms with van der Waals surface area (Å²) in [7, 11) is 0. The molecule has 0 aliphatic carbocycles. The van der Waals surface area contributed by atoms with Crippen LogP contribution in [0.4, 0.5) is 5.95 Å². The number of rotatable bonds is 6. The lowest BCUT2D eigenvalue weighted by molar-refractivity contribution is 0.102. The minimum Gasteiger partial charge on any atom is -0.289 e. The average molecular weight is 420 g/mol. The van der Waals surface area contributed by atoms with Crippen molar-refractivity contribution in [1.29, 1.82) is 0 Å². The van der Waals surface area contributed by atoms with Gasteiger partial charge in [0.25, 0.3) is 5.91 Å². The Kier molecular flexibility index (Phi) is 5.28. The lowest BCUT2D eigenvalue weighted by atomic mass is 10.1. The van der Waals surface area contributed by atoms with Crippen LogP contribution in [0.1, 0.15) is 15.9 Å². The maximum atomic E-state index is 13.2. The summed E-state index contributed by atoms with van der Waals surface area (Å²) in [5.74, 6) is -0.0686. The van der Waals surface area contributed by atoms with Gasteiger partial charge in [0.15, 0.2) is 0 Å². The maximum absolute atomic E-state index is 13.2. The highest BCUT2D eigenvalue weighted by molar-refractivity contribution is 6.07. The van der Waals surface area contributed by atoms with Crippen LogP contribution in [-0.4, -0.2) is 30.5 Å². The van der Waals surface area contributed by atoms with Gasteiger partial charge in [-0.25, -0.2) is 14.3 Å². The molecule has 0 atom stereocenters. The van der Waals surface area contributed by atoms with Crippen LogP contribution in [0.25, 0.3) is 16.9 Å². The molecule has 0 radical (unpaired) electrons. The van der Waals surface area contributed by atoms with Crippen molar-refractivity contribution in [3.8, 4) is 16.9 Å². The molecule has 2 heterocycles. The fourth-order valence-corrected chi connectivity index (χ4v) is 3.43. The molecule has 0 saturated heterocycles. The summed E-state index contributed by atoms with van der Waals surface area (Å²) < 4.78 is 3.40. The van der Waals surface area contributed by atoms with Crippen LogP contribution in [0.15, 0.2) is 104 Å². The highest BCUT2D eigenvalue weighted by atomic mass is 16.1. The molecule has 1 amide bonds. The first kappa shape index (κ1) is 19.4. The van der Waals surface area contributed by atoms with E-state index in [1.165, 1.54) is 0 Å². The predicted molar refractivity (Wildman–Crippen MR) is 123 cm³/mol. The number of hydrogen-bond acceptors (Lipinski definition) is 4. The van der Waals surface area contributed by atoms with Crippen molar-refractivity contribution in [3.05, 3.63) is 115 Å². The summed E-state index contributed by atoms with van der Waals surface area (Å²) in [5, 5.41) is 11.9. The van der Waals surface area contributed by atoms with E-state index in [1.54, 1.807) is 21.9 Å². The van der Waals surface area contributed by atoms with E-state index < -0.39 is 0 Å². The number of nitrogens with one attached hydrogen (secondary N) is 1. The molecule has 32 heavy (non-hydrogen) atoms. The van der Waals surface area contributed by atoms with Gasteiger partial charge in [-0.1, -0.05) is 78.9 Å². The van der Waals surface area contributed by atoms with Gasteiger partial charge >= 0.3 is 0 Å². The van der Waals surface area contributed by atoms with Crippen LogP contribution in [0.5, 0.6) is 0 Å². The topological polar surface area (TPSA) is 77.6 Å². The maximum Gasteiger partial charge on any atom is 0.261 e. The number of carbonyl (C=O) groups is 1. The highest BCUT2D eigenvalue weighted by Crippen LogP contribution is 2.24. The summed E-state index contributed by atoms with van der Waals surface area (Å²) in [6.45, 7) is 0.574. The molecule has 0 spiro atoms. The van der Waals surface area contributed by atoms with E-state index >= 15 is 0 Å². The highest BCUT2D eigenvalue weighted by Gasteiger charge is 2.20. The fraction of sp³-hybridized carbons (Fsp3) is 0.0400. The van der Waals surface area contributed by atoms with Gasteiger partial charge in [-0.15, -0.1) is 5.10 Å². The average Bonchev–Trinajstić information content (AvgIpc) is 3.48. The number of hydrogen-bond donors (Lipinski definition) is 1. The van der Waals surface area contributed by atoms with E-state index in [9.17, 15) is 4.79 Å². The first-order valence-corrected chi connectivity index (χ1v) is 10.2. The van der Waals surface area contributed by atoms with Crippen molar-refractivity contribution in [2.24, 2.45) is 0 Å². The molecule has 0 unspecified atom stereocenters. The van der Waals surface area contributed by atoms with Gasteiger partial charge in [0, 0.05) is 11.8 Å². The van der Waals surface area contributed by atoms with E-state index in [2.05, 4.69) is 20.5 Å². The van der Waals surface area contributed by atoms with Crippen LogP contribution in [0.2, 0.25) is 0 Å². The van der Waals surface area contributed by atoms with Gasteiger partial charge in [0.2, 0.25) is 5.95 Å². The molecule has 0 aliphatic heterocycles. The second-order valence-corrected chi connectivity index (χ2v) is 7.24. The van der Waals surface area contributed by atoms with E-state index in [4.69, 9.17) is 0 Å². The Morgan fingerprint density at radius 1 is 0.812 bits per heavy atom. The Morgan fingerprint density at radius 2 is 1.47 bits per heavy atom. The van der Waals surface area contributed by atoms with Gasteiger partial charge in [0.05, 0.1) is 17.8 Å². The molecule has 0 aliphatic rings. The molecule has 7 heteroatoms. The first-order valence-electron chi connectivity index (χ1n) is 10.2. The minimum absolute atomic E-state index is 0.248. The van der Waals surface area contributed by atoms with Crippen molar-refractivity contribution < 1.29 is 4.79 Å². The van der Waals surface area contributed by atoms with E-state index in [-0.39, 0.29) is 11.9 Å². The molecule has 2 aromatic heterocycles. The Labute approximate surface area is 185 Å². The van der Waals surface area contributed by atoms with E-state index in [0.29, 0.717) is 17.8 Å². The zero-order valence-electron chi connectivity index (χ0n) is 17.2. The molecule has 7 nitrogen and oxygen atoms in total. The number of carbonyl (C=O) groups excluding carboxylic acids is 1. The third-order valence-corrected chi connectivity index (χ3v) is 4.98. The van der Waals surface area contributed by atoms with Gasteiger partial charge < -0.3 is 0 Å². The molecule has 3 aromatic carbocycles. The zero-order valence-corrected chi connectivity index (χ0v) is 17.2. The normalized spacial score (nSPS) is 10.8. The second-order valence-electron chi connectivity index (χ2n) is 7.24. The molecule has 156 valence electrons.